The maximum atomic E-state index is 6.07. The van der Waals surface area contributed by atoms with Crippen LogP contribution < -0.4 is 0 Å². The molecule has 0 aliphatic rings. The van der Waals surface area contributed by atoms with Crippen molar-refractivity contribution >= 4 is 11.6 Å². The summed E-state index contributed by atoms with van der Waals surface area (Å²) in [7, 11) is 0. The third kappa shape index (κ3) is 2.25. The molecule has 0 saturated heterocycles. The van der Waals surface area contributed by atoms with Gasteiger partial charge in [-0.25, -0.2) is 0 Å². The molecule has 0 aliphatic carbocycles. The van der Waals surface area contributed by atoms with Crippen LogP contribution in [0.2, 0.25) is 5.02 Å². The van der Waals surface area contributed by atoms with E-state index in [2.05, 4.69) is 32.0 Å². The van der Waals surface area contributed by atoms with Gasteiger partial charge in [0, 0.05) is 5.02 Å². The van der Waals surface area contributed by atoms with Crippen LogP contribution in [0.15, 0.2) is 18.2 Å². The molecular weight excluding hydrogens is 168 g/mol. The summed E-state index contributed by atoms with van der Waals surface area (Å²) in [5.41, 5.74) is 2.59. The van der Waals surface area contributed by atoms with Crippen LogP contribution in [0.25, 0.3) is 0 Å². The normalized spacial score (nSPS) is 10.2. The lowest BCUT2D eigenvalue weighted by atomic mass is 10.1. The first-order valence-corrected chi connectivity index (χ1v) is 4.93. The highest BCUT2D eigenvalue weighted by molar-refractivity contribution is 6.31. The van der Waals surface area contributed by atoms with Crippen LogP contribution in [0.5, 0.6) is 0 Å². The maximum absolute atomic E-state index is 6.07. The van der Waals surface area contributed by atoms with Crippen LogP contribution >= 0.6 is 11.6 Å². The fourth-order valence-electron chi connectivity index (χ4n) is 1.32. The molecule has 1 rings (SSSR count). The summed E-state index contributed by atoms with van der Waals surface area (Å²) in [4.78, 5) is 0. The molecule has 0 heterocycles. The Balaban J connectivity index is 2.86. The summed E-state index contributed by atoms with van der Waals surface area (Å²) in [6.07, 6.45) is 3.33. The quantitative estimate of drug-likeness (QED) is 0.666. The van der Waals surface area contributed by atoms with Gasteiger partial charge in [-0.05, 0) is 30.0 Å². The Labute approximate surface area is 79.6 Å². The summed E-state index contributed by atoms with van der Waals surface area (Å²) in [5, 5.41) is 0.920. The van der Waals surface area contributed by atoms with Gasteiger partial charge in [-0.3, -0.25) is 0 Å². The summed E-state index contributed by atoms with van der Waals surface area (Å²) in [6.45, 7) is 4.31. The van der Waals surface area contributed by atoms with Crippen LogP contribution in [-0.2, 0) is 12.8 Å². The Morgan fingerprint density at radius 2 is 2.00 bits per heavy atom. The molecule has 0 aromatic heterocycles. The average Bonchev–Trinajstić information content (AvgIpc) is 2.05. The van der Waals surface area contributed by atoms with Crippen molar-refractivity contribution in [3.05, 3.63) is 34.3 Å². The highest BCUT2D eigenvalue weighted by atomic mass is 35.5. The molecule has 0 aliphatic heterocycles. The van der Waals surface area contributed by atoms with Gasteiger partial charge < -0.3 is 0 Å². The van der Waals surface area contributed by atoms with Gasteiger partial charge in [-0.1, -0.05) is 44.0 Å². The van der Waals surface area contributed by atoms with Gasteiger partial charge in [-0.15, -0.1) is 0 Å². The molecule has 0 spiro atoms. The van der Waals surface area contributed by atoms with E-state index in [4.69, 9.17) is 11.6 Å². The van der Waals surface area contributed by atoms with E-state index in [1.165, 1.54) is 17.5 Å². The summed E-state index contributed by atoms with van der Waals surface area (Å²) in [6, 6.07) is 6.39. The fraction of sp³-hybridized carbons (Fsp3) is 0.455. The van der Waals surface area contributed by atoms with Crippen molar-refractivity contribution in [3.8, 4) is 0 Å². The highest BCUT2D eigenvalue weighted by Crippen LogP contribution is 2.18. The van der Waals surface area contributed by atoms with Crippen LogP contribution in [0.1, 0.15) is 31.4 Å². The van der Waals surface area contributed by atoms with Gasteiger partial charge in [0.2, 0.25) is 0 Å². The van der Waals surface area contributed by atoms with Crippen molar-refractivity contribution in [3.63, 3.8) is 0 Å². The number of benzene rings is 1. The van der Waals surface area contributed by atoms with Gasteiger partial charge in [0.05, 0.1) is 0 Å². The minimum absolute atomic E-state index is 0.920. The van der Waals surface area contributed by atoms with E-state index in [0.29, 0.717) is 0 Å². The number of hydrogen-bond acceptors (Lipinski definition) is 0. The molecule has 0 nitrogen and oxygen atoms in total. The monoisotopic (exact) mass is 182 g/mol. The molecule has 1 aromatic carbocycles. The largest absolute Gasteiger partial charge is 0.0840 e. The third-order valence-electron chi connectivity index (χ3n) is 2.04. The van der Waals surface area contributed by atoms with E-state index >= 15 is 0 Å². The highest BCUT2D eigenvalue weighted by Gasteiger charge is 1.98. The van der Waals surface area contributed by atoms with Crippen molar-refractivity contribution in [1.29, 1.82) is 0 Å². The molecule has 0 radical (unpaired) electrons. The minimum atomic E-state index is 0.920. The van der Waals surface area contributed by atoms with Crippen molar-refractivity contribution in [2.24, 2.45) is 0 Å². The Morgan fingerprint density at radius 3 is 2.50 bits per heavy atom. The molecule has 0 amide bonds. The molecule has 0 saturated carbocycles. The van der Waals surface area contributed by atoms with E-state index < -0.39 is 0 Å². The van der Waals surface area contributed by atoms with Crippen LogP contribution in [-0.4, -0.2) is 0 Å². The molecule has 66 valence electrons. The van der Waals surface area contributed by atoms with Crippen molar-refractivity contribution in [2.75, 3.05) is 0 Å². The summed E-state index contributed by atoms with van der Waals surface area (Å²) in [5.74, 6) is 0. The molecule has 0 unspecified atom stereocenters. The van der Waals surface area contributed by atoms with Crippen molar-refractivity contribution in [1.82, 2.24) is 0 Å². The smallest absolute Gasteiger partial charge is 0.0440 e. The molecule has 1 aromatic rings. The second-order valence-electron chi connectivity index (χ2n) is 3.03. The first kappa shape index (κ1) is 9.60. The Kier molecular flexibility index (Phi) is 3.61. The van der Waals surface area contributed by atoms with E-state index in [9.17, 15) is 0 Å². The predicted octanol–water partition coefficient (Wildman–Crippen LogP) is 3.85. The van der Waals surface area contributed by atoms with Gasteiger partial charge in [0.15, 0.2) is 0 Å². The van der Waals surface area contributed by atoms with Gasteiger partial charge >= 0.3 is 0 Å². The standard InChI is InChI=1S/C11H15Cl/c1-3-5-9-6-7-10(4-2)11(12)8-9/h6-8H,3-5H2,1-2H3. The SMILES string of the molecule is CCCc1ccc(CC)c(Cl)c1. The van der Waals surface area contributed by atoms with Crippen LogP contribution in [0.4, 0.5) is 0 Å². The zero-order chi connectivity index (χ0) is 8.97. The van der Waals surface area contributed by atoms with Gasteiger partial charge in [0.25, 0.3) is 0 Å². The zero-order valence-electron chi connectivity index (χ0n) is 7.73. The van der Waals surface area contributed by atoms with Gasteiger partial charge in [-0.2, -0.15) is 0 Å². The first-order valence-electron chi connectivity index (χ1n) is 4.55. The summed E-state index contributed by atoms with van der Waals surface area (Å²) < 4.78 is 0. The van der Waals surface area contributed by atoms with E-state index in [-0.39, 0.29) is 0 Å². The maximum Gasteiger partial charge on any atom is 0.0440 e. The van der Waals surface area contributed by atoms with Crippen molar-refractivity contribution < 1.29 is 0 Å². The number of halogens is 1. The topological polar surface area (TPSA) is 0 Å². The molecule has 12 heavy (non-hydrogen) atoms. The first-order chi connectivity index (χ1) is 5.77. The van der Waals surface area contributed by atoms with E-state index in [1.807, 2.05) is 0 Å². The molecule has 0 fully saturated rings. The third-order valence-corrected chi connectivity index (χ3v) is 2.39. The Hall–Kier alpha value is -0.490. The average molecular weight is 183 g/mol. The molecule has 0 atom stereocenters. The van der Waals surface area contributed by atoms with Gasteiger partial charge in [0.1, 0.15) is 0 Å². The second-order valence-corrected chi connectivity index (χ2v) is 3.44. The lowest BCUT2D eigenvalue weighted by Crippen LogP contribution is -1.86. The number of aryl methyl sites for hydroxylation is 2. The lowest BCUT2D eigenvalue weighted by Gasteiger charge is -2.03. The van der Waals surface area contributed by atoms with Crippen LogP contribution in [0, 0.1) is 0 Å². The molecule has 1 heteroatoms. The second kappa shape index (κ2) is 4.51. The minimum Gasteiger partial charge on any atom is -0.0840 e. The summed E-state index contributed by atoms with van der Waals surface area (Å²) >= 11 is 6.07. The molecule has 0 N–H and O–H groups in total. The molecule has 0 bridgehead atoms. The van der Waals surface area contributed by atoms with E-state index in [1.54, 1.807) is 0 Å². The Bertz CT molecular complexity index is 253. The Morgan fingerprint density at radius 1 is 1.25 bits per heavy atom. The zero-order valence-corrected chi connectivity index (χ0v) is 8.49. The fourth-order valence-corrected chi connectivity index (χ4v) is 1.66. The molecular formula is C11H15Cl. The predicted molar refractivity (Wildman–Crippen MR) is 54.8 cm³/mol. The van der Waals surface area contributed by atoms with Crippen LogP contribution in [0.3, 0.4) is 0 Å². The number of hydrogen-bond donors (Lipinski definition) is 0. The lowest BCUT2D eigenvalue weighted by molar-refractivity contribution is 0.920. The number of rotatable bonds is 3. The van der Waals surface area contributed by atoms with Crippen molar-refractivity contribution in [2.45, 2.75) is 33.1 Å². The van der Waals surface area contributed by atoms with E-state index in [0.717, 1.165) is 17.9 Å².